The van der Waals surface area contributed by atoms with Crippen LogP contribution in [0.15, 0.2) is 11.9 Å². The van der Waals surface area contributed by atoms with E-state index in [-0.39, 0.29) is 6.61 Å². The Kier molecular flexibility index (Phi) is 5.22. The predicted molar refractivity (Wildman–Crippen MR) is 46.3 cm³/mol. The molecule has 1 N–H and O–H groups in total. The molecule has 0 aliphatic rings. The summed E-state index contributed by atoms with van der Waals surface area (Å²) in [6.07, 6.45) is 0.909. The first kappa shape index (κ1) is 11.7. The van der Waals surface area contributed by atoms with Crippen molar-refractivity contribution in [3.8, 4) is 0 Å². The van der Waals surface area contributed by atoms with Gasteiger partial charge in [-0.05, 0) is 6.92 Å². The van der Waals surface area contributed by atoms with Gasteiger partial charge in [0.2, 0.25) is 7.37 Å². The summed E-state index contributed by atoms with van der Waals surface area (Å²) >= 11 is 5.14. The molecule has 0 aromatic carbocycles. The first-order chi connectivity index (χ1) is 5.52. The Bertz CT molecular complexity index is 226. The van der Waals surface area contributed by atoms with E-state index >= 15 is 0 Å². The molecule has 1 unspecified atom stereocenters. The number of hydrogen-bond donors (Lipinski definition) is 1. The van der Waals surface area contributed by atoms with E-state index < -0.39 is 19.0 Å². The van der Waals surface area contributed by atoms with Crippen LogP contribution in [0.3, 0.4) is 0 Å². The number of carbonyl (C=O) groups is 1. The van der Waals surface area contributed by atoms with E-state index in [2.05, 4.69) is 4.74 Å². The van der Waals surface area contributed by atoms with E-state index in [0.29, 0.717) is 0 Å². The van der Waals surface area contributed by atoms with Crippen molar-refractivity contribution < 1.29 is 19.0 Å². The molecule has 0 fully saturated rings. The third-order valence-corrected chi connectivity index (χ3v) is 2.89. The summed E-state index contributed by atoms with van der Waals surface area (Å²) in [4.78, 5) is 19.5. The zero-order valence-corrected chi connectivity index (χ0v) is 8.22. The molecule has 1 atom stereocenters. The average Bonchev–Trinajstić information content (AvgIpc) is 2.02. The molecule has 0 radical (unpaired) electrons. The Morgan fingerprint density at radius 2 is 2.33 bits per heavy atom. The van der Waals surface area contributed by atoms with Crippen molar-refractivity contribution in [1.29, 1.82) is 0 Å². The maximum absolute atomic E-state index is 10.8. The van der Waals surface area contributed by atoms with Gasteiger partial charge in [-0.25, -0.2) is 4.79 Å². The lowest BCUT2D eigenvalue weighted by atomic mass is 10.6. The highest BCUT2D eigenvalue weighted by Crippen LogP contribution is 2.42. The van der Waals surface area contributed by atoms with Gasteiger partial charge in [0.25, 0.3) is 0 Å². The monoisotopic (exact) mass is 212 g/mol. The highest BCUT2D eigenvalue weighted by atomic mass is 35.5. The molecule has 6 heteroatoms. The maximum atomic E-state index is 10.8. The quantitative estimate of drug-likeness (QED) is 0.332. The Labute approximate surface area is 75.6 Å². The Morgan fingerprint density at radius 1 is 1.75 bits per heavy atom. The fourth-order valence-corrected chi connectivity index (χ4v) is 1.08. The number of esters is 1. The van der Waals surface area contributed by atoms with Crippen molar-refractivity contribution in [3.05, 3.63) is 11.9 Å². The van der Waals surface area contributed by atoms with Gasteiger partial charge < -0.3 is 9.63 Å². The van der Waals surface area contributed by atoms with Gasteiger partial charge in [0.1, 0.15) is 5.62 Å². The molecule has 4 nitrogen and oxygen atoms in total. The van der Waals surface area contributed by atoms with Gasteiger partial charge in [-0.15, -0.1) is 11.6 Å². The molecule has 0 saturated heterocycles. The number of ether oxygens (including phenoxy) is 1. The second kappa shape index (κ2) is 5.36. The van der Waals surface area contributed by atoms with E-state index in [1.54, 1.807) is 6.92 Å². The number of carbonyl (C=O) groups excluding carboxylic acids is 1. The number of alkyl halides is 1. The lowest BCUT2D eigenvalue weighted by molar-refractivity contribution is -0.137. The van der Waals surface area contributed by atoms with Crippen molar-refractivity contribution in [2.45, 2.75) is 6.92 Å². The Hall–Kier alpha value is -0.310. The maximum Gasteiger partial charge on any atom is 0.330 e. The van der Waals surface area contributed by atoms with Crippen LogP contribution in [0.2, 0.25) is 0 Å². The minimum atomic E-state index is -3.47. The summed E-state index contributed by atoms with van der Waals surface area (Å²) < 4.78 is 15.3. The normalized spacial score (nSPS) is 15.9. The van der Waals surface area contributed by atoms with Gasteiger partial charge in [0, 0.05) is 11.9 Å². The second-order valence-electron chi connectivity index (χ2n) is 1.94. The summed E-state index contributed by atoms with van der Waals surface area (Å²) in [5.74, 6) is 0.231. The summed E-state index contributed by atoms with van der Waals surface area (Å²) in [5, 5.41) is 0. The minimum absolute atomic E-state index is 0.236. The molecule has 0 heterocycles. The zero-order chi connectivity index (χ0) is 9.61. The Morgan fingerprint density at radius 3 is 2.75 bits per heavy atom. The minimum Gasteiger partial charge on any atom is -0.463 e. The SMILES string of the molecule is CCOC(=O)/C=C/P(=O)(O)CCl. The molecule has 0 aliphatic carbocycles. The molecule has 0 saturated carbocycles. The molecule has 0 aliphatic heterocycles. The molecule has 12 heavy (non-hydrogen) atoms. The lowest BCUT2D eigenvalue weighted by Crippen LogP contribution is -1.98. The molecular formula is C6H10ClO4P. The van der Waals surface area contributed by atoms with Crippen LogP contribution in [0.5, 0.6) is 0 Å². The van der Waals surface area contributed by atoms with Crippen LogP contribution >= 0.6 is 19.0 Å². The fourth-order valence-electron chi connectivity index (χ4n) is 0.408. The summed E-state index contributed by atoms with van der Waals surface area (Å²) in [6, 6.07) is 0. The van der Waals surface area contributed by atoms with Crippen molar-refractivity contribution in [1.82, 2.24) is 0 Å². The van der Waals surface area contributed by atoms with Crippen LogP contribution < -0.4 is 0 Å². The fraction of sp³-hybridized carbons (Fsp3) is 0.500. The van der Waals surface area contributed by atoms with Gasteiger partial charge in [0.05, 0.1) is 6.61 Å². The van der Waals surface area contributed by atoms with E-state index in [4.69, 9.17) is 16.5 Å². The molecule has 0 bridgehead atoms. The molecule has 0 aromatic heterocycles. The summed E-state index contributed by atoms with van der Waals surface area (Å²) in [7, 11) is -3.47. The summed E-state index contributed by atoms with van der Waals surface area (Å²) in [5.41, 5.74) is -0.400. The Balaban J connectivity index is 4.06. The van der Waals surface area contributed by atoms with Crippen molar-refractivity contribution in [2.24, 2.45) is 0 Å². The van der Waals surface area contributed by atoms with Crippen molar-refractivity contribution >= 4 is 24.9 Å². The van der Waals surface area contributed by atoms with E-state index in [1.165, 1.54) is 0 Å². The first-order valence-electron chi connectivity index (χ1n) is 3.25. The van der Waals surface area contributed by atoms with E-state index in [1.807, 2.05) is 0 Å². The number of halogens is 1. The topological polar surface area (TPSA) is 63.6 Å². The van der Waals surface area contributed by atoms with Gasteiger partial charge >= 0.3 is 5.97 Å². The lowest BCUT2D eigenvalue weighted by Gasteiger charge is -1.99. The standard InChI is InChI=1S/C6H10ClO4P/c1-2-11-6(8)3-4-12(9,10)5-7/h3-4H,2,5H2,1H3,(H,9,10)/b4-3+. The van der Waals surface area contributed by atoms with Crippen LogP contribution in [0.4, 0.5) is 0 Å². The van der Waals surface area contributed by atoms with Crippen LogP contribution in [0.1, 0.15) is 6.92 Å². The molecule has 0 spiro atoms. The van der Waals surface area contributed by atoms with Crippen LogP contribution in [0.25, 0.3) is 0 Å². The number of hydrogen-bond acceptors (Lipinski definition) is 3. The highest BCUT2D eigenvalue weighted by Gasteiger charge is 2.11. The van der Waals surface area contributed by atoms with E-state index in [9.17, 15) is 9.36 Å². The van der Waals surface area contributed by atoms with Gasteiger partial charge in [0.15, 0.2) is 0 Å². The smallest absolute Gasteiger partial charge is 0.330 e. The summed E-state index contributed by atoms with van der Waals surface area (Å²) in [6.45, 7) is 1.88. The van der Waals surface area contributed by atoms with Gasteiger partial charge in [-0.3, -0.25) is 4.57 Å². The van der Waals surface area contributed by atoms with E-state index in [0.717, 1.165) is 11.9 Å². The van der Waals surface area contributed by atoms with Crippen LogP contribution in [0, 0.1) is 0 Å². The van der Waals surface area contributed by atoms with Gasteiger partial charge in [-0.1, -0.05) is 0 Å². The molecule has 70 valence electrons. The molecular weight excluding hydrogens is 202 g/mol. The molecule has 0 amide bonds. The molecule has 0 aromatic rings. The largest absolute Gasteiger partial charge is 0.463 e. The highest BCUT2D eigenvalue weighted by molar-refractivity contribution is 7.62. The van der Waals surface area contributed by atoms with Gasteiger partial charge in [-0.2, -0.15) is 0 Å². The van der Waals surface area contributed by atoms with Crippen molar-refractivity contribution in [3.63, 3.8) is 0 Å². The zero-order valence-electron chi connectivity index (χ0n) is 6.57. The second-order valence-corrected chi connectivity index (χ2v) is 4.71. The third-order valence-electron chi connectivity index (χ3n) is 0.901. The van der Waals surface area contributed by atoms with Crippen molar-refractivity contribution in [2.75, 3.05) is 12.2 Å². The van der Waals surface area contributed by atoms with Crippen LogP contribution in [-0.2, 0) is 14.1 Å². The number of rotatable bonds is 4. The third kappa shape index (κ3) is 5.35. The average molecular weight is 213 g/mol. The predicted octanol–water partition coefficient (Wildman–Crippen LogP) is 1.53. The molecule has 0 rings (SSSR count). The first-order valence-corrected chi connectivity index (χ1v) is 5.70. The van der Waals surface area contributed by atoms with Crippen LogP contribution in [-0.4, -0.2) is 23.1 Å².